The molecular formula is C22H36N4O2. The number of carbonyl (C=O) groups is 2. The molecule has 3 rings (SSSR count). The third-order valence-electron chi connectivity index (χ3n) is 6.54. The Morgan fingerprint density at radius 1 is 1.04 bits per heavy atom. The van der Waals surface area contributed by atoms with Gasteiger partial charge in [-0.15, -0.1) is 0 Å². The third kappa shape index (κ3) is 5.58. The van der Waals surface area contributed by atoms with Gasteiger partial charge in [0.1, 0.15) is 5.71 Å². The zero-order valence-corrected chi connectivity index (χ0v) is 17.3. The van der Waals surface area contributed by atoms with E-state index in [1.165, 1.54) is 45.4 Å². The maximum atomic E-state index is 12.8. The van der Waals surface area contributed by atoms with Crippen LogP contribution in [0.1, 0.15) is 77.6 Å². The van der Waals surface area contributed by atoms with Crippen LogP contribution in [0.5, 0.6) is 0 Å². The van der Waals surface area contributed by atoms with Crippen LogP contribution in [0.2, 0.25) is 0 Å². The molecule has 2 fully saturated rings. The normalized spacial score (nSPS) is 21.7. The summed E-state index contributed by atoms with van der Waals surface area (Å²) in [6.45, 7) is 3.73. The zero-order valence-electron chi connectivity index (χ0n) is 17.3. The van der Waals surface area contributed by atoms with Gasteiger partial charge in [-0.05, 0) is 44.4 Å². The van der Waals surface area contributed by atoms with Crippen molar-refractivity contribution in [1.29, 1.82) is 5.41 Å². The zero-order chi connectivity index (χ0) is 19.9. The SMILES string of the molecule is CC(=O)NC1CCN(C(=O)C(=N)C2=C(NCCC3CCCCC3)CCC2)CC1. The van der Waals surface area contributed by atoms with E-state index < -0.39 is 0 Å². The van der Waals surface area contributed by atoms with E-state index in [4.69, 9.17) is 5.41 Å². The van der Waals surface area contributed by atoms with E-state index in [2.05, 4.69) is 10.6 Å². The summed E-state index contributed by atoms with van der Waals surface area (Å²) in [5.74, 6) is 0.681. The van der Waals surface area contributed by atoms with Crippen LogP contribution in [-0.2, 0) is 9.59 Å². The highest BCUT2D eigenvalue weighted by molar-refractivity contribution is 6.44. The summed E-state index contributed by atoms with van der Waals surface area (Å²) in [6.07, 6.45) is 12.4. The van der Waals surface area contributed by atoms with Crippen LogP contribution >= 0.6 is 0 Å². The molecule has 1 saturated heterocycles. The number of allylic oxidation sites excluding steroid dienone is 1. The van der Waals surface area contributed by atoms with Crippen LogP contribution in [0, 0.1) is 11.3 Å². The molecule has 0 unspecified atom stereocenters. The fourth-order valence-corrected chi connectivity index (χ4v) is 4.92. The monoisotopic (exact) mass is 388 g/mol. The topological polar surface area (TPSA) is 85.3 Å². The van der Waals surface area contributed by atoms with Gasteiger partial charge in [-0.25, -0.2) is 0 Å². The van der Waals surface area contributed by atoms with Crippen LogP contribution < -0.4 is 10.6 Å². The Labute approximate surface area is 169 Å². The number of piperidine rings is 1. The van der Waals surface area contributed by atoms with Crippen molar-refractivity contribution in [3.8, 4) is 0 Å². The van der Waals surface area contributed by atoms with Crippen LogP contribution in [-0.4, -0.2) is 48.1 Å². The van der Waals surface area contributed by atoms with E-state index in [1.54, 1.807) is 4.90 Å². The molecule has 0 aromatic carbocycles. The lowest BCUT2D eigenvalue weighted by Crippen LogP contribution is -2.48. The molecule has 1 saturated carbocycles. The Kier molecular flexibility index (Phi) is 7.51. The first-order valence-corrected chi connectivity index (χ1v) is 11.2. The number of likely N-dealkylation sites (tertiary alicyclic amines) is 1. The molecule has 2 amide bonds. The summed E-state index contributed by atoms with van der Waals surface area (Å²) < 4.78 is 0. The number of hydrogen-bond acceptors (Lipinski definition) is 4. The molecule has 0 radical (unpaired) electrons. The number of nitrogens with zero attached hydrogens (tertiary/aromatic N) is 1. The summed E-state index contributed by atoms with van der Waals surface area (Å²) >= 11 is 0. The van der Waals surface area contributed by atoms with Gasteiger partial charge in [0, 0.05) is 43.9 Å². The number of nitrogens with one attached hydrogen (secondary N) is 3. The van der Waals surface area contributed by atoms with Gasteiger partial charge in [0.05, 0.1) is 0 Å². The maximum absolute atomic E-state index is 12.8. The lowest BCUT2D eigenvalue weighted by Gasteiger charge is -2.32. The molecule has 0 bridgehead atoms. The fraction of sp³-hybridized carbons (Fsp3) is 0.773. The number of hydrogen-bond donors (Lipinski definition) is 3. The van der Waals surface area contributed by atoms with Gasteiger partial charge in [-0.1, -0.05) is 32.1 Å². The summed E-state index contributed by atoms with van der Waals surface area (Å²) in [7, 11) is 0. The summed E-state index contributed by atoms with van der Waals surface area (Å²) in [5.41, 5.74) is 2.23. The summed E-state index contributed by atoms with van der Waals surface area (Å²) in [5, 5.41) is 15.0. The van der Waals surface area contributed by atoms with Crippen LogP contribution in [0.25, 0.3) is 0 Å². The van der Waals surface area contributed by atoms with E-state index in [0.717, 1.165) is 55.8 Å². The molecule has 2 aliphatic carbocycles. The highest BCUT2D eigenvalue weighted by Crippen LogP contribution is 2.28. The lowest BCUT2D eigenvalue weighted by atomic mass is 9.87. The average Bonchev–Trinajstić information content (AvgIpc) is 3.16. The molecule has 1 aliphatic heterocycles. The first-order valence-electron chi connectivity index (χ1n) is 11.2. The molecule has 3 aliphatic rings. The second-order valence-electron chi connectivity index (χ2n) is 8.67. The standard InChI is InChI=1S/C22H36N4O2/c1-16(27)25-18-11-14-26(15-12-18)22(28)21(23)19-8-5-9-20(19)24-13-10-17-6-3-2-4-7-17/h17-18,23-24H,2-15H2,1H3,(H,25,27). The first kappa shape index (κ1) is 20.9. The van der Waals surface area contributed by atoms with Crippen molar-refractivity contribution < 1.29 is 9.59 Å². The Balaban J connectivity index is 1.49. The van der Waals surface area contributed by atoms with Gasteiger partial charge < -0.3 is 15.5 Å². The van der Waals surface area contributed by atoms with E-state index in [0.29, 0.717) is 13.1 Å². The second kappa shape index (κ2) is 10.1. The van der Waals surface area contributed by atoms with Crippen LogP contribution in [0.15, 0.2) is 11.3 Å². The maximum Gasteiger partial charge on any atom is 0.272 e. The highest BCUT2D eigenvalue weighted by atomic mass is 16.2. The van der Waals surface area contributed by atoms with Gasteiger partial charge in [0.15, 0.2) is 0 Å². The Morgan fingerprint density at radius 2 is 1.75 bits per heavy atom. The molecule has 6 heteroatoms. The minimum atomic E-state index is -0.148. The molecule has 0 spiro atoms. The van der Waals surface area contributed by atoms with Gasteiger partial charge in [-0.2, -0.15) is 0 Å². The van der Waals surface area contributed by atoms with Crippen molar-refractivity contribution >= 4 is 17.5 Å². The Bertz CT molecular complexity index is 614. The van der Waals surface area contributed by atoms with Gasteiger partial charge >= 0.3 is 0 Å². The minimum absolute atomic E-state index is 0.0161. The summed E-state index contributed by atoms with van der Waals surface area (Å²) in [4.78, 5) is 25.8. The molecule has 28 heavy (non-hydrogen) atoms. The van der Waals surface area contributed by atoms with Crippen molar-refractivity contribution in [2.45, 2.75) is 83.6 Å². The van der Waals surface area contributed by atoms with Crippen LogP contribution in [0.3, 0.4) is 0 Å². The number of amides is 2. The van der Waals surface area contributed by atoms with Crippen molar-refractivity contribution in [2.24, 2.45) is 5.92 Å². The molecule has 0 aromatic rings. The average molecular weight is 389 g/mol. The van der Waals surface area contributed by atoms with Gasteiger partial charge in [-0.3, -0.25) is 15.0 Å². The van der Waals surface area contributed by atoms with E-state index in [1.807, 2.05) is 0 Å². The van der Waals surface area contributed by atoms with Gasteiger partial charge in [0.2, 0.25) is 5.91 Å². The molecule has 3 N–H and O–H groups in total. The smallest absolute Gasteiger partial charge is 0.272 e. The molecule has 0 aromatic heterocycles. The van der Waals surface area contributed by atoms with E-state index in [9.17, 15) is 9.59 Å². The van der Waals surface area contributed by atoms with Crippen molar-refractivity contribution in [2.75, 3.05) is 19.6 Å². The summed E-state index contributed by atoms with van der Waals surface area (Å²) in [6, 6.07) is 0.151. The molecule has 6 nitrogen and oxygen atoms in total. The first-order chi connectivity index (χ1) is 13.5. The number of rotatable bonds is 7. The molecular weight excluding hydrogens is 352 g/mol. The quantitative estimate of drug-likeness (QED) is 0.586. The molecule has 0 atom stereocenters. The Hall–Kier alpha value is -1.85. The Morgan fingerprint density at radius 3 is 2.43 bits per heavy atom. The second-order valence-corrected chi connectivity index (χ2v) is 8.67. The van der Waals surface area contributed by atoms with Gasteiger partial charge in [0.25, 0.3) is 5.91 Å². The van der Waals surface area contributed by atoms with E-state index in [-0.39, 0.29) is 23.6 Å². The predicted octanol–water partition coefficient (Wildman–Crippen LogP) is 3.13. The van der Waals surface area contributed by atoms with Crippen LogP contribution in [0.4, 0.5) is 0 Å². The van der Waals surface area contributed by atoms with E-state index >= 15 is 0 Å². The number of carbonyl (C=O) groups excluding carboxylic acids is 2. The highest BCUT2D eigenvalue weighted by Gasteiger charge is 2.29. The fourth-order valence-electron chi connectivity index (χ4n) is 4.92. The van der Waals surface area contributed by atoms with Crippen molar-refractivity contribution in [3.05, 3.63) is 11.3 Å². The molecule has 1 heterocycles. The van der Waals surface area contributed by atoms with Crippen molar-refractivity contribution in [1.82, 2.24) is 15.5 Å². The minimum Gasteiger partial charge on any atom is -0.388 e. The largest absolute Gasteiger partial charge is 0.388 e. The third-order valence-corrected chi connectivity index (χ3v) is 6.54. The molecule has 156 valence electrons. The lowest BCUT2D eigenvalue weighted by molar-refractivity contribution is -0.125. The van der Waals surface area contributed by atoms with Crippen molar-refractivity contribution in [3.63, 3.8) is 0 Å². The predicted molar refractivity (Wildman–Crippen MR) is 111 cm³/mol.